The highest BCUT2D eigenvalue weighted by Crippen LogP contribution is 2.23. The molecule has 1 aromatic carbocycles. The van der Waals surface area contributed by atoms with Gasteiger partial charge in [-0.1, -0.05) is 12.1 Å². The summed E-state index contributed by atoms with van der Waals surface area (Å²) in [6.45, 7) is 1.14. The molecule has 0 spiro atoms. The first-order valence-corrected chi connectivity index (χ1v) is 7.02. The molecular weight excluding hydrogens is 256 g/mol. The molecule has 0 atom stereocenters. The van der Waals surface area contributed by atoms with E-state index in [9.17, 15) is 8.42 Å². The van der Waals surface area contributed by atoms with E-state index in [-0.39, 0.29) is 11.5 Å². The third-order valence-electron chi connectivity index (χ3n) is 2.45. The zero-order valence-electron chi connectivity index (χ0n) is 10.2. The third kappa shape index (κ3) is 3.95. The highest BCUT2D eigenvalue weighted by atomic mass is 32.2. The molecule has 0 aromatic heterocycles. The maximum Gasteiger partial charge on any atom is 0.240 e. The molecule has 0 heterocycles. The molecule has 3 N–H and O–H groups in total. The Morgan fingerprint density at radius 2 is 2.00 bits per heavy atom. The largest absolute Gasteiger partial charge is 0.395 e. The molecule has 0 amide bonds. The Balaban J connectivity index is 3.11. The van der Waals surface area contributed by atoms with E-state index in [1.165, 1.54) is 6.07 Å². The van der Waals surface area contributed by atoms with Gasteiger partial charge in [-0.25, -0.2) is 13.6 Å². The lowest BCUT2D eigenvalue weighted by atomic mass is 10.3. The summed E-state index contributed by atoms with van der Waals surface area (Å²) < 4.78 is 27.9. The second-order valence-corrected chi connectivity index (χ2v) is 5.25. The molecule has 0 saturated carbocycles. The number of rotatable bonds is 7. The van der Waals surface area contributed by atoms with Crippen LogP contribution in [-0.2, 0) is 14.8 Å². The lowest BCUT2D eigenvalue weighted by Gasteiger charge is -2.25. The molecule has 0 aliphatic carbocycles. The van der Waals surface area contributed by atoms with E-state index >= 15 is 0 Å². The Kier molecular flexibility index (Phi) is 5.54. The highest BCUT2D eigenvalue weighted by molar-refractivity contribution is 7.89. The molecule has 1 aromatic rings. The normalized spacial score (nSPS) is 11.5. The van der Waals surface area contributed by atoms with Gasteiger partial charge in [-0.05, 0) is 12.1 Å². The molecule has 0 aliphatic rings. The van der Waals surface area contributed by atoms with Crippen LogP contribution in [0.2, 0.25) is 0 Å². The van der Waals surface area contributed by atoms with Crippen LogP contribution in [0, 0.1) is 0 Å². The Morgan fingerprint density at radius 3 is 2.56 bits per heavy atom. The average molecular weight is 274 g/mol. The van der Waals surface area contributed by atoms with E-state index in [1.807, 2.05) is 0 Å². The number of benzene rings is 1. The summed E-state index contributed by atoms with van der Waals surface area (Å²) in [7, 11) is -2.23. The standard InChI is InChI=1S/C11H18N2O4S/c1-17-9-7-13(6-8-14)10-4-2-3-5-11(10)18(12,15)16/h2-5,14H,6-9H2,1H3,(H2,12,15,16). The quantitative estimate of drug-likeness (QED) is 0.717. The van der Waals surface area contributed by atoms with Crippen molar-refractivity contribution in [3.63, 3.8) is 0 Å². The number of nitrogens with two attached hydrogens (primary N) is 1. The van der Waals surface area contributed by atoms with Gasteiger partial charge in [0.1, 0.15) is 4.90 Å². The lowest BCUT2D eigenvalue weighted by molar-refractivity contribution is 0.202. The van der Waals surface area contributed by atoms with Crippen molar-refractivity contribution in [1.29, 1.82) is 0 Å². The Bertz CT molecular complexity index is 476. The topological polar surface area (TPSA) is 92.9 Å². The number of hydrogen-bond donors (Lipinski definition) is 2. The number of aliphatic hydroxyl groups excluding tert-OH is 1. The van der Waals surface area contributed by atoms with Crippen LogP contribution in [0.5, 0.6) is 0 Å². The molecule has 0 fully saturated rings. The molecular formula is C11H18N2O4S. The Labute approximate surface area is 107 Å². The second kappa shape index (κ2) is 6.69. The zero-order valence-corrected chi connectivity index (χ0v) is 11.1. The van der Waals surface area contributed by atoms with Crippen LogP contribution < -0.4 is 10.0 Å². The number of para-hydroxylation sites is 1. The molecule has 18 heavy (non-hydrogen) atoms. The van der Waals surface area contributed by atoms with Gasteiger partial charge in [0.15, 0.2) is 0 Å². The molecule has 0 radical (unpaired) electrons. The minimum Gasteiger partial charge on any atom is -0.395 e. The molecule has 7 heteroatoms. The van der Waals surface area contributed by atoms with Crippen molar-refractivity contribution >= 4 is 15.7 Å². The van der Waals surface area contributed by atoms with E-state index in [0.717, 1.165) is 0 Å². The summed E-state index contributed by atoms with van der Waals surface area (Å²) in [5.74, 6) is 0. The fourth-order valence-corrected chi connectivity index (χ4v) is 2.39. The second-order valence-electron chi connectivity index (χ2n) is 3.72. The predicted molar refractivity (Wildman–Crippen MR) is 69.0 cm³/mol. The van der Waals surface area contributed by atoms with Gasteiger partial charge in [-0.15, -0.1) is 0 Å². The first-order chi connectivity index (χ1) is 8.50. The molecule has 0 unspecified atom stereocenters. The number of aliphatic hydroxyl groups is 1. The summed E-state index contributed by atoms with van der Waals surface area (Å²) in [5, 5.41) is 14.2. The third-order valence-corrected chi connectivity index (χ3v) is 3.41. The molecule has 1 rings (SSSR count). The number of nitrogens with zero attached hydrogens (tertiary/aromatic N) is 1. The molecule has 102 valence electrons. The number of anilines is 1. The number of methoxy groups -OCH3 is 1. The summed E-state index contributed by atoms with van der Waals surface area (Å²) in [6.07, 6.45) is 0. The summed E-state index contributed by atoms with van der Waals surface area (Å²) >= 11 is 0. The molecule has 0 aliphatic heterocycles. The van der Waals surface area contributed by atoms with Crippen LogP contribution in [0.4, 0.5) is 5.69 Å². The summed E-state index contributed by atoms with van der Waals surface area (Å²) in [5.41, 5.74) is 0.478. The fourth-order valence-electron chi connectivity index (χ4n) is 1.63. The highest BCUT2D eigenvalue weighted by Gasteiger charge is 2.17. The van der Waals surface area contributed by atoms with Gasteiger partial charge in [-0.3, -0.25) is 0 Å². The van der Waals surface area contributed by atoms with Gasteiger partial charge in [0.05, 0.1) is 18.9 Å². The van der Waals surface area contributed by atoms with Crippen LogP contribution in [0.1, 0.15) is 0 Å². The number of hydrogen-bond acceptors (Lipinski definition) is 5. The molecule has 0 saturated heterocycles. The summed E-state index contributed by atoms with van der Waals surface area (Å²) in [6, 6.07) is 6.44. The maximum atomic E-state index is 11.5. The summed E-state index contributed by atoms with van der Waals surface area (Å²) in [4.78, 5) is 1.78. The first-order valence-electron chi connectivity index (χ1n) is 5.47. The minimum absolute atomic E-state index is 0.0505. The van der Waals surface area contributed by atoms with Crippen LogP contribution >= 0.6 is 0 Å². The smallest absolute Gasteiger partial charge is 0.240 e. The zero-order chi connectivity index (χ0) is 13.6. The van der Waals surface area contributed by atoms with Gasteiger partial charge in [0.2, 0.25) is 10.0 Å². The van der Waals surface area contributed by atoms with E-state index < -0.39 is 10.0 Å². The van der Waals surface area contributed by atoms with Gasteiger partial charge < -0.3 is 14.7 Å². The van der Waals surface area contributed by atoms with Crippen LogP contribution in [0.25, 0.3) is 0 Å². The SMILES string of the molecule is COCCN(CCO)c1ccccc1S(N)(=O)=O. The fraction of sp³-hybridized carbons (Fsp3) is 0.455. The number of sulfonamides is 1. The van der Waals surface area contributed by atoms with Crippen molar-refractivity contribution in [2.24, 2.45) is 5.14 Å². The van der Waals surface area contributed by atoms with Gasteiger partial charge in [0.25, 0.3) is 0 Å². The molecule has 0 bridgehead atoms. The van der Waals surface area contributed by atoms with Crippen LogP contribution in [0.15, 0.2) is 29.2 Å². The van der Waals surface area contributed by atoms with Gasteiger partial charge in [-0.2, -0.15) is 0 Å². The van der Waals surface area contributed by atoms with Crippen molar-refractivity contribution in [3.8, 4) is 0 Å². The van der Waals surface area contributed by atoms with E-state index in [2.05, 4.69) is 0 Å². The van der Waals surface area contributed by atoms with E-state index in [4.69, 9.17) is 15.0 Å². The minimum atomic E-state index is -3.79. The van der Waals surface area contributed by atoms with Crippen molar-refractivity contribution in [3.05, 3.63) is 24.3 Å². The number of ether oxygens (including phenoxy) is 1. The average Bonchev–Trinajstić information content (AvgIpc) is 2.33. The van der Waals surface area contributed by atoms with Gasteiger partial charge >= 0.3 is 0 Å². The maximum absolute atomic E-state index is 11.5. The van der Waals surface area contributed by atoms with Crippen LogP contribution in [0.3, 0.4) is 0 Å². The lowest BCUT2D eigenvalue weighted by Crippen LogP contribution is -2.32. The van der Waals surface area contributed by atoms with Crippen molar-refractivity contribution < 1.29 is 18.3 Å². The number of primary sulfonamides is 1. The predicted octanol–water partition coefficient (Wildman–Crippen LogP) is -0.221. The van der Waals surface area contributed by atoms with Gasteiger partial charge in [0, 0.05) is 20.2 Å². The van der Waals surface area contributed by atoms with Crippen molar-refractivity contribution in [2.75, 3.05) is 38.3 Å². The van der Waals surface area contributed by atoms with E-state index in [1.54, 1.807) is 30.2 Å². The monoisotopic (exact) mass is 274 g/mol. The first kappa shape index (κ1) is 14.9. The van der Waals surface area contributed by atoms with Crippen molar-refractivity contribution in [2.45, 2.75) is 4.90 Å². The molecule has 6 nitrogen and oxygen atoms in total. The Morgan fingerprint density at radius 1 is 1.33 bits per heavy atom. The van der Waals surface area contributed by atoms with Crippen LogP contribution in [-0.4, -0.2) is 46.9 Å². The van der Waals surface area contributed by atoms with E-state index in [0.29, 0.717) is 25.4 Å². The van der Waals surface area contributed by atoms with Crippen molar-refractivity contribution in [1.82, 2.24) is 0 Å². The Hall–Kier alpha value is -1.15.